The highest BCUT2D eigenvalue weighted by Crippen LogP contribution is 2.14. The Morgan fingerprint density at radius 1 is 1.00 bits per heavy atom. The molecule has 0 bridgehead atoms. The summed E-state index contributed by atoms with van der Waals surface area (Å²) in [6, 6.07) is 18.1. The Morgan fingerprint density at radius 2 is 1.64 bits per heavy atom. The van der Waals surface area contributed by atoms with Gasteiger partial charge in [0, 0.05) is 32.3 Å². The van der Waals surface area contributed by atoms with Crippen LogP contribution in [-0.2, 0) is 20.6 Å². The molecule has 0 radical (unpaired) electrons. The zero-order valence-corrected chi connectivity index (χ0v) is 16.2. The van der Waals surface area contributed by atoms with Gasteiger partial charge < -0.3 is 4.90 Å². The van der Waals surface area contributed by atoms with Crippen LogP contribution in [0.2, 0.25) is 0 Å². The molecular weight excluding hydrogens is 374 g/mol. The summed E-state index contributed by atoms with van der Waals surface area (Å²) in [5.41, 5.74) is 2.15. The van der Waals surface area contributed by atoms with Crippen LogP contribution in [0.25, 0.3) is 6.08 Å². The van der Waals surface area contributed by atoms with E-state index in [1.165, 1.54) is 10.4 Å². The van der Waals surface area contributed by atoms with Crippen LogP contribution in [0.3, 0.4) is 0 Å². The van der Waals surface area contributed by atoms with E-state index in [1.54, 1.807) is 47.4 Å². The van der Waals surface area contributed by atoms with E-state index in [2.05, 4.69) is 0 Å². The minimum Gasteiger partial charge on any atom is -0.337 e. The summed E-state index contributed by atoms with van der Waals surface area (Å²) in [5, 5.41) is 8.80. The molecule has 6 nitrogen and oxygen atoms in total. The van der Waals surface area contributed by atoms with Crippen molar-refractivity contribution in [2.45, 2.75) is 5.75 Å². The maximum Gasteiger partial charge on any atom is 0.246 e. The SMILES string of the molecule is N#Cc1ccc(C=CC(=O)N2CCN(S(=O)(=O)Cc3ccccc3)CC2)cc1. The van der Waals surface area contributed by atoms with Gasteiger partial charge in [0.05, 0.1) is 17.4 Å². The molecule has 2 aromatic rings. The van der Waals surface area contributed by atoms with Crippen LogP contribution in [-0.4, -0.2) is 49.7 Å². The highest BCUT2D eigenvalue weighted by molar-refractivity contribution is 7.88. The smallest absolute Gasteiger partial charge is 0.246 e. The summed E-state index contributed by atoms with van der Waals surface area (Å²) in [5.74, 6) is -0.176. The lowest BCUT2D eigenvalue weighted by Crippen LogP contribution is -2.50. The molecule has 144 valence electrons. The van der Waals surface area contributed by atoms with E-state index in [0.717, 1.165) is 11.1 Å². The number of hydrogen-bond acceptors (Lipinski definition) is 4. The Bertz CT molecular complexity index is 985. The third-order valence-electron chi connectivity index (χ3n) is 4.59. The van der Waals surface area contributed by atoms with Gasteiger partial charge in [0.2, 0.25) is 15.9 Å². The monoisotopic (exact) mass is 395 g/mol. The molecule has 1 aliphatic heterocycles. The van der Waals surface area contributed by atoms with E-state index in [4.69, 9.17) is 5.26 Å². The molecule has 0 atom stereocenters. The summed E-state index contributed by atoms with van der Waals surface area (Å²) in [4.78, 5) is 14.0. The van der Waals surface area contributed by atoms with Crippen LogP contribution in [0.4, 0.5) is 0 Å². The summed E-state index contributed by atoms with van der Waals surface area (Å²) in [6.07, 6.45) is 3.18. The van der Waals surface area contributed by atoms with Crippen LogP contribution in [0.1, 0.15) is 16.7 Å². The topological polar surface area (TPSA) is 81.5 Å². The molecule has 1 heterocycles. The van der Waals surface area contributed by atoms with E-state index in [0.29, 0.717) is 31.7 Å². The van der Waals surface area contributed by atoms with Crippen molar-refractivity contribution in [3.8, 4) is 6.07 Å². The molecular formula is C21H21N3O3S. The van der Waals surface area contributed by atoms with Crippen LogP contribution in [0.15, 0.2) is 60.7 Å². The molecule has 0 aromatic heterocycles. The Morgan fingerprint density at radius 3 is 2.25 bits per heavy atom. The van der Waals surface area contributed by atoms with Gasteiger partial charge in [0.15, 0.2) is 0 Å². The molecule has 1 aliphatic rings. The van der Waals surface area contributed by atoms with Crippen molar-refractivity contribution in [3.05, 3.63) is 77.4 Å². The third kappa shape index (κ3) is 5.06. The first-order valence-electron chi connectivity index (χ1n) is 8.97. The van der Waals surface area contributed by atoms with E-state index >= 15 is 0 Å². The average molecular weight is 395 g/mol. The predicted octanol–water partition coefficient (Wildman–Crippen LogP) is 2.25. The fraction of sp³-hybridized carbons (Fsp3) is 0.238. The van der Waals surface area contributed by atoms with Crippen molar-refractivity contribution in [2.24, 2.45) is 0 Å². The average Bonchev–Trinajstić information content (AvgIpc) is 2.73. The Kier molecular flexibility index (Phi) is 6.24. The molecule has 0 aliphatic carbocycles. The quantitative estimate of drug-likeness (QED) is 0.727. The minimum atomic E-state index is -3.40. The Balaban J connectivity index is 1.54. The van der Waals surface area contributed by atoms with E-state index < -0.39 is 10.0 Å². The number of nitrogens with zero attached hydrogens (tertiary/aromatic N) is 3. The Hall–Kier alpha value is -2.95. The molecule has 3 rings (SSSR count). The lowest BCUT2D eigenvalue weighted by molar-refractivity contribution is -0.127. The molecule has 1 saturated heterocycles. The zero-order valence-electron chi connectivity index (χ0n) is 15.4. The fourth-order valence-corrected chi connectivity index (χ4v) is 4.52. The van der Waals surface area contributed by atoms with E-state index in [9.17, 15) is 13.2 Å². The lowest BCUT2D eigenvalue weighted by atomic mass is 10.1. The second kappa shape index (κ2) is 8.83. The number of sulfonamides is 1. The van der Waals surface area contributed by atoms with Crippen LogP contribution >= 0.6 is 0 Å². The van der Waals surface area contributed by atoms with Gasteiger partial charge >= 0.3 is 0 Å². The van der Waals surface area contributed by atoms with Crippen molar-refractivity contribution in [1.82, 2.24) is 9.21 Å². The number of carbonyl (C=O) groups is 1. The van der Waals surface area contributed by atoms with Crippen molar-refractivity contribution in [3.63, 3.8) is 0 Å². The number of piperazine rings is 1. The normalized spacial score (nSPS) is 15.5. The Labute approximate surface area is 165 Å². The summed E-state index contributed by atoms with van der Waals surface area (Å²) < 4.78 is 26.6. The molecule has 0 spiro atoms. The first-order valence-corrected chi connectivity index (χ1v) is 10.6. The van der Waals surface area contributed by atoms with Crippen molar-refractivity contribution in [1.29, 1.82) is 5.26 Å². The van der Waals surface area contributed by atoms with E-state index in [-0.39, 0.29) is 11.7 Å². The number of carbonyl (C=O) groups excluding carboxylic acids is 1. The van der Waals surface area contributed by atoms with E-state index in [1.807, 2.05) is 24.3 Å². The number of rotatable bonds is 5. The van der Waals surface area contributed by atoms with Crippen molar-refractivity contribution < 1.29 is 13.2 Å². The minimum absolute atomic E-state index is 0.0274. The number of amides is 1. The molecule has 1 fully saturated rings. The van der Waals surface area contributed by atoms with Crippen molar-refractivity contribution >= 4 is 22.0 Å². The highest BCUT2D eigenvalue weighted by atomic mass is 32.2. The largest absolute Gasteiger partial charge is 0.337 e. The maximum atomic E-state index is 12.6. The maximum absolute atomic E-state index is 12.6. The molecule has 28 heavy (non-hydrogen) atoms. The summed E-state index contributed by atoms with van der Waals surface area (Å²) in [6.45, 7) is 1.33. The fourth-order valence-electron chi connectivity index (χ4n) is 3.00. The highest BCUT2D eigenvalue weighted by Gasteiger charge is 2.28. The third-order valence-corrected chi connectivity index (χ3v) is 6.44. The van der Waals surface area contributed by atoms with Gasteiger partial charge in [-0.1, -0.05) is 42.5 Å². The molecule has 0 N–H and O–H groups in total. The van der Waals surface area contributed by atoms with Crippen LogP contribution in [0.5, 0.6) is 0 Å². The van der Waals surface area contributed by atoms with Gasteiger partial charge in [-0.2, -0.15) is 9.57 Å². The molecule has 0 unspecified atom stereocenters. The second-order valence-electron chi connectivity index (χ2n) is 6.53. The van der Waals surface area contributed by atoms with Crippen LogP contribution in [0, 0.1) is 11.3 Å². The second-order valence-corrected chi connectivity index (χ2v) is 8.50. The molecule has 2 aromatic carbocycles. The van der Waals surface area contributed by atoms with Gasteiger partial charge in [-0.3, -0.25) is 4.79 Å². The number of hydrogen-bond donors (Lipinski definition) is 0. The number of nitriles is 1. The number of benzene rings is 2. The summed E-state index contributed by atoms with van der Waals surface area (Å²) in [7, 11) is -3.40. The van der Waals surface area contributed by atoms with Crippen molar-refractivity contribution in [2.75, 3.05) is 26.2 Å². The molecule has 0 saturated carbocycles. The molecule has 7 heteroatoms. The zero-order chi connectivity index (χ0) is 20.0. The van der Waals surface area contributed by atoms with Gasteiger partial charge in [-0.25, -0.2) is 8.42 Å². The van der Waals surface area contributed by atoms with Gasteiger partial charge in [-0.15, -0.1) is 0 Å². The standard InChI is InChI=1S/C21H21N3O3S/c22-16-19-8-6-18(7-9-19)10-11-21(25)23-12-14-24(15-13-23)28(26,27)17-20-4-2-1-3-5-20/h1-11H,12-15,17H2. The predicted molar refractivity (Wildman–Crippen MR) is 107 cm³/mol. The summed E-state index contributed by atoms with van der Waals surface area (Å²) >= 11 is 0. The van der Waals surface area contributed by atoms with Crippen LogP contribution < -0.4 is 0 Å². The van der Waals surface area contributed by atoms with Gasteiger partial charge in [0.1, 0.15) is 0 Å². The lowest BCUT2D eigenvalue weighted by Gasteiger charge is -2.33. The molecule has 1 amide bonds. The van der Waals surface area contributed by atoms with Gasteiger partial charge in [-0.05, 0) is 29.3 Å². The van der Waals surface area contributed by atoms with Gasteiger partial charge in [0.25, 0.3) is 0 Å². The first kappa shape index (κ1) is 19.8. The first-order chi connectivity index (χ1) is 13.5.